The summed E-state index contributed by atoms with van der Waals surface area (Å²) in [6.45, 7) is 4.30. The number of furan rings is 1. The molecule has 2 aromatic carbocycles. The summed E-state index contributed by atoms with van der Waals surface area (Å²) in [6, 6.07) is 18.1. The van der Waals surface area contributed by atoms with Crippen LogP contribution in [0.15, 0.2) is 70.0 Å². The highest BCUT2D eigenvalue weighted by molar-refractivity contribution is 8.18. The minimum Gasteiger partial charge on any atom is -0.462 e. The summed E-state index contributed by atoms with van der Waals surface area (Å²) in [5.74, 6) is 0.346. The first-order valence-corrected chi connectivity index (χ1v) is 10.9. The lowest BCUT2D eigenvalue weighted by molar-refractivity contribution is -0.123. The fourth-order valence-corrected chi connectivity index (χ4v) is 4.03. The van der Waals surface area contributed by atoms with Gasteiger partial charge in [0.2, 0.25) is 0 Å². The molecule has 0 unspecified atom stereocenters. The number of amides is 2. The number of hydrogen-bond donors (Lipinski definition) is 0. The number of ether oxygens (including phenoxy) is 1. The maximum absolute atomic E-state index is 12.8. The number of aryl methyl sites for hydroxylation is 1. The SMILES string of the molecule is CCOC(=O)c1ccc(-c2ccc(/C=C3/SC(=O)N(Cc4ccc(C)cc4)C3=O)o2)cc1. The normalized spacial score (nSPS) is 14.9. The Kier molecular flexibility index (Phi) is 6.28. The van der Waals surface area contributed by atoms with E-state index in [1.54, 1.807) is 49.4 Å². The largest absolute Gasteiger partial charge is 0.462 e. The number of carbonyl (C=O) groups excluding carboxylic acids is 3. The predicted molar refractivity (Wildman–Crippen MR) is 123 cm³/mol. The second kappa shape index (κ2) is 9.28. The van der Waals surface area contributed by atoms with Crippen LogP contribution in [0.5, 0.6) is 0 Å². The standard InChI is InChI=1S/C25H21NO5S/c1-3-30-24(28)19-10-8-18(9-11-19)21-13-12-20(31-21)14-22-23(27)26(25(29)32-22)15-17-6-4-16(2)5-7-17/h4-14H,3,15H2,1-2H3/b22-14+. The van der Waals surface area contributed by atoms with E-state index in [2.05, 4.69) is 0 Å². The lowest BCUT2D eigenvalue weighted by Crippen LogP contribution is -2.27. The molecule has 2 amide bonds. The zero-order valence-electron chi connectivity index (χ0n) is 17.7. The molecule has 1 aromatic heterocycles. The second-order valence-corrected chi connectivity index (χ2v) is 8.25. The Morgan fingerprint density at radius 2 is 1.75 bits per heavy atom. The topological polar surface area (TPSA) is 76.8 Å². The fraction of sp³-hybridized carbons (Fsp3) is 0.160. The van der Waals surface area contributed by atoms with Crippen LogP contribution in [0.4, 0.5) is 4.79 Å². The van der Waals surface area contributed by atoms with Gasteiger partial charge in [-0.15, -0.1) is 0 Å². The molecule has 0 saturated carbocycles. The lowest BCUT2D eigenvalue weighted by atomic mass is 10.1. The van der Waals surface area contributed by atoms with Crippen molar-refractivity contribution in [1.29, 1.82) is 0 Å². The number of rotatable bonds is 6. The summed E-state index contributed by atoms with van der Waals surface area (Å²) in [4.78, 5) is 38.5. The third-order valence-corrected chi connectivity index (χ3v) is 5.82. The van der Waals surface area contributed by atoms with E-state index < -0.39 is 0 Å². The van der Waals surface area contributed by atoms with Gasteiger partial charge in [-0.05, 0) is 55.4 Å². The van der Waals surface area contributed by atoms with Crippen LogP contribution < -0.4 is 0 Å². The summed E-state index contributed by atoms with van der Waals surface area (Å²) in [5.41, 5.74) is 3.26. The molecule has 0 radical (unpaired) electrons. The molecule has 1 aliphatic rings. The Balaban J connectivity index is 1.48. The Morgan fingerprint density at radius 3 is 2.44 bits per heavy atom. The highest BCUT2D eigenvalue weighted by atomic mass is 32.2. The molecule has 162 valence electrons. The highest BCUT2D eigenvalue weighted by Crippen LogP contribution is 2.34. The molecule has 6 nitrogen and oxygen atoms in total. The number of benzene rings is 2. The van der Waals surface area contributed by atoms with Crippen molar-refractivity contribution < 1.29 is 23.5 Å². The van der Waals surface area contributed by atoms with Crippen LogP contribution in [0.3, 0.4) is 0 Å². The zero-order valence-corrected chi connectivity index (χ0v) is 18.5. The smallest absolute Gasteiger partial charge is 0.338 e. The average molecular weight is 448 g/mol. The van der Waals surface area contributed by atoms with E-state index in [0.717, 1.165) is 28.5 Å². The maximum atomic E-state index is 12.8. The molecular weight excluding hydrogens is 426 g/mol. The molecule has 1 saturated heterocycles. The maximum Gasteiger partial charge on any atom is 0.338 e. The molecular formula is C25H21NO5S. The van der Waals surface area contributed by atoms with E-state index in [1.807, 2.05) is 31.2 Å². The van der Waals surface area contributed by atoms with Crippen molar-refractivity contribution in [2.45, 2.75) is 20.4 Å². The number of esters is 1. The monoisotopic (exact) mass is 447 g/mol. The number of nitrogens with zero attached hydrogens (tertiary/aromatic N) is 1. The van der Waals surface area contributed by atoms with Crippen molar-refractivity contribution in [3.05, 3.63) is 88.0 Å². The van der Waals surface area contributed by atoms with Crippen molar-refractivity contribution in [2.75, 3.05) is 6.61 Å². The van der Waals surface area contributed by atoms with Crippen molar-refractivity contribution in [2.24, 2.45) is 0 Å². The summed E-state index contributed by atoms with van der Waals surface area (Å²) < 4.78 is 10.8. The van der Waals surface area contributed by atoms with Gasteiger partial charge in [0.25, 0.3) is 11.1 Å². The van der Waals surface area contributed by atoms with Gasteiger partial charge in [-0.1, -0.05) is 42.0 Å². The van der Waals surface area contributed by atoms with Gasteiger partial charge in [-0.3, -0.25) is 14.5 Å². The fourth-order valence-electron chi connectivity index (χ4n) is 3.21. The number of hydrogen-bond acceptors (Lipinski definition) is 6. The van der Waals surface area contributed by atoms with Crippen LogP contribution in [0.1, 0.15) is 34.2 Å². The number of imide groups is 1. The van der Waals surface area contributed by atoms with Gasteiger partial charge < -0.3 is 9.15 Å². The van der Waals surface area contributed by atoms with Gasteiger partial charge >= 0.3 is 5.97 Å². The molecule has 1 fully saturated rings. The Hall–Kier alpha value is -3.58. The van der Waals surface area contributed by atoms with Crippen molar-refractivity contribution in [3.63, 3.8) is 0 Å². The summed E-state index contributed by atoms with van der Waals surface area (Å²) in [6.07, 6.45) is 1.58. The zero-order chi connectivity index (χ0) is 22.7. The first-order valence-electron chi connectivity index (χ1n) is 10.1. The predicted octanol–water partition coefficient (Wildman–Crippen LogP) is 5.67. The summed E-state index contributed by atoms with van der Waals surface area (Å²) in [7, 11) is 0. The van der Waals surface area contributed by atoms with Crippen molar-refractivity contribution in [3.8, 4) is 11.3 Å². The molecule has 1 aliphatic heterocycles. The Morgan fingerprint density at radius 1 is 1.03 bits per heavy atom. The van der Waals surface area contributed by atoms with Crippen LogP contribution >= 0.6 is 11.8 Å². The second-order valence-electron chi connectivity index (χ2n) is 7.25. The van der Waals surface area contributed by atoms with E-state index in [4.69, 9.17) is 9.15 Å². The van der Waals surface area contributed by atoms with Crippen LogP contribution in [-0.2, 0) is 16.1 Å². The van der Waals surface area contributed by atoms with Gasteiger partial charge in [-0.2, -0.15) is 0 Å². The van der Waals surface area contributed by atoms with E-state index in [1.165, 1.54) is 4.90 Å². The van der Waals surface area contributed by atoms with E-state index >= 15 is 0 Å². The molecule has 0 N–H and O–H groups in total. The molecule has 0 spiro atoms. The molecule has 0 bridgehead atoms. The van der Waals surface area contributed by atoms with Gasteiger partial charge in [0, 0.05) is 11.6 Å². The molecule has 0 atom stereocenters. The van der Waals surface area contributed by atoms with Crippen LogP contribution in [0.2, 0.25) is 0 Å². The third-order valence-electron chi connectivity index (χ3n) is 4.92. The van der Waals surface area contributed by atoms with E-state index in [0.29, 0.717) is 28.6 Å². The van der Waals surface area contributed by atoms with Gasteiger partial charge in [0.1, 0.15) is 11.5 Å². The van der Waals surface area contributed by atoms with E-state index in [9.17, 15) is 14.4 Å². The number of carbonyl (C=O) groups is 3. The first-order chi connectivity index (χ1) is 15.4. The first kappa shape index (κ1) is 21.6. The Labute approximate surface area is 189 Å². The minimum absolute atomic E-state index is 0.235. The molecule has 2 heterocycles. The third kappa shape index (κ3) is 4.68. The van der Waals surface area contributed by atoms with Crippen LogP contribution in [0, 0.1) is 6.92 Å². The van der Waals surface area contributed by atoms with Crippen molar-refractivity contribution >= 4 is 35.0 Å². The van der Waals surface area contributed by atoms with Gasteiger partial charge in [-0.25, -0.2) is 4.79 Å². The summed E-state index contributed by atoms with van der Waals surface area (Å²) in [5, 5.41) is -0.303. The van der Waals surface area contributed by atoms with Gasteiger partial charge in [0.05, 0.1) is 23.6 Å². The molecule has 4 rings (SSSR count). The highest BCUT2D eigenvalue weighted by Gasteiger charge is 2.35. The summed E-state index contributed by atoms with van der Waals surface area (Å²) >= 11 is 0.901. The number of thioether (sulfide) groups is 1. The average Bonchev–Trinajstić information content (AvgIpc) is 3.36. The van der Waals surface area contributed by atoms with Crippen LogP contribution in [0.25, 0.3) is 17.4 Å². The Bertz CT molecular complexity index is 1190. The molecule has 3 aromatic rings. The van der Waals surface area contributed by atoms with E-state index in [-0.39, 0.29) is 23.7 Å². The lowest BCUT2D eigenvalue weighted by Gasteiger charge is -2.12. The molecule has 7 heteroatoms. The molecule has 32 heavy (non-hydrogen) atoms. The van der Waals surface area contributed by atoms with Crippen LogP contribution in [-0.4, -0.2) is 28.6 Å². The molecule has 0 aliphatic carbocycles. The quantitative estimate of drug-likeness (QED) is 0.358. The van der Waals surface area contributed by atoms with Crippen molar-refractivity contribution in [1.82, 2.24) is 4.90 Å². The minimum atomic E-state index is -0.374. The van der Waals surface area contributed by atoms with Gasteiger partial charge in [0.15, 0.2) is 0 Å².